The molecular weight excluding hydrogens is 495 g/mol. The second-order valence-electron chi connectivity index (χ2n) is 7.89. The van der Waals surface area contributed by atoms with Gasteiger partial charge in [0.05, 0.1) is 18.9 Å². The third-order valence-corrected chi connectivity index (χ3v) is 6.23. The molecule has 30 heavy (non-hydrogen) atoms. The first-order valence-corrected chi connectivity index (χ1v) is 10.2. The second kappa shape index (κ2) is 9.80. The number of hydrogen-bond acceptors (Lipinski definition) is 4. The van der Waals surface area contributed by atoms with Gasteiger partial charge in [-0.05, 0) is 42.4 Å². The number of carbonyl (C=O) groups is 2. The number of ether oxygens (including phenoxy) is 1. The summed E-state index contributed by atoms with van der Waals surface area (Å²) in [6.07, 6.45) is 5.91. The van der Waals surface area contributed by atoms with E-state index >= 15 is 0 Å². The summed E-state index contributed by atoms with van der Waals surface area (Å²) in [7, 11) is 3.37. The number of hydrogen-bond donors (Lipinski definition) is 2. The topological polar surface area (TPSA) is 83.0 Å². The van der Waals surface area contributed by atoms with Crippen molar-refractivity contribution >= 4 is 41.8 Å². The van der Waals surface area contributed by atoms with Crippen molar-refractivity contribution < 1.29 is 14.3 Å². The summed E-state index contributed by atoms with van der Waals surface area (Å²) in [4.78, 5) is 31.1. The molecule has 3 aliphatic rings. The minimum absolute atomic E-state index is 0. The molecule has 4 rings (SSSR count). The first-order valence-electron chi connectivity index (χ1n) is 10.2. The van der Waals surface area contributed by atoms with E-state index in [1.54, 1.807) is 14.2 Å². The molecule has 1 saturated heterocycles. The Bertz CT molecular complexity index is 827. The van der Waals surface area contributed by atoms with Gasteiger partial charge in [-0.15, -0.1) is 24.0 Å². The predicted octanol–water partition coefficient (Wildman–Crippen LogP) is 2.18. The van der Waals surface area contributed by atoms with Crippen molar-refractivity contribution in [3.8, 4) is 5.75 Å². The highest BCUT2D eigenvalue weighted by molar-refractivity contribution is 14.0. The van der Waals surface area contributed by atoms with E-state index in [2.05, 4.69) is 27.8 Å². The molecular formula is C22H29IN4O3. The Morgan fingerprint density at radius 2 is 1.87 bits per heavy atom. The second-order valence-corrected chi connectivity index (χ2v) is 7.89. The van der Waals surface area contributed by atoms with Gasteiger partial charge >= 0.3 is 0 Å². The van der Waals surface area contributed by atoms with Crippen molar-refractivity contribution in [3.05, 3.63) is 42.0 Å². The number of imide groups is 1. The van der Waals surface area contributed by atoms with Crippen molar-refractivity contribution in [1.29, 1.82) is 0 Å². The number of allylic oxidation sites excluding steroid dienone is 2. The summed E-state index contributed by atoms with van der Waals surface area (Å²) in [5.41, 5.74) is 1.09. The van der Waals surface area contributed by atoms with E-state index in [0.717, 1.165) is 17.7 Å². The lowest BCUT2D eigenvalue weighted by atomic mass is 9.85. The highest BCUT2D eigenvalue weighted by atomic mass is 127. The molecule has 2 aliphatic carbocycles. The van der Waals surface area contributed by atoms with Crippen LogP contribution in [0.25, 0.3) is 0 Å². The number of halogens is 1. The lowest BCUT2D eigenvalue weighted by Gasteiger charge is -2.18. The molecule has 162 valence electrons. The Morgan fingerprint density at radius 1 is 1.17 bits per heavy atom. The molecule has 1 heterocycles. The number of carbonyl (C=O) groups excluding carboxylic acids is 2. The molecule has 2 fully saturated rings. The number of nitrogens with zero attached hydrogens (tertiary/aromatic N) is 2. The fourth-order valence-corrected chi connectivity index (χ4v) is 4.82. The number of guanidine groups is 1. The van der Waals surface area contributed by atoms with E-state index in [1.165, 1.54) is 4.90 Å². The third-order valence-electron chi connectivity index (χ3n) is 6.23. The molecule has 7 nitrogen and oxygen atoms in total. The lowest BCUT2D eigenvalue weighted by molar-refractivity contribution is -0.140. The lowest BCUT2D eigenvalue weighted by Crippen LogP contribution is -2.39. The van der Waals surface area contributed by atoms with Crippen molar-refractivity contribution in [1.82, 2.24) is 15.5 Å². The Balaban J connectivity index is 0.00000256. The standard InChI is InChI=1S/C22H28N4O3.HI/c1-23-22(25-13-14-5-3-6-17(11-14)29-2)24-9-4-10-26-20(27)18-15-7-8-16(12-15)19(18)21(26)28;/h3,5-8,11,15-16,18-19H,4,9-10,12-13H2,1-2H3,(H2,23,24,25);1H. The largest absolute Gasteiger partial charge is 0.497 e. The number of likely N-dealkylation sites (tertiary alicyclic amines) is 1. The van der Waals surface area contributed by atoms with Crippen LogP contribution in [-0.2, 0) is 16.1 Å². The van der Waals surface area contributed by atoms with Crippen molar-refractivity contribution in [2.75, 3.05) is 27.2 Å². The molecule has 4 unspecified atom stereocenters. The van der Waals surface area contributed by atoms with Gasteiger partial charge in [-0.2, -0.15) is 0 Å². The average Bonchev–Trinajstić information content (AvgIpc) is 3.42. The zero-order valence-electron chi connectivity index (χ0n) is 17.3. The fourth-order valence-electron chi connectivity index (χ4n) is 4.82. The van der Waals surface area contributed by atoms with E-state index < -0.39 is 0 Å². The Morgan fingerprint density at radius 3 is 2.50 bits per heavy atom. The van der Waals surface area contributed by atoms with Gasteiger partial charge in [0.2, 0.25) is 11.8 Å². The summed E-state index contributed by atoms with van der Waals surface area (Å²) in [6.45, 7) is 1.72. The van der Waals surface area contributed by atoms with E-state index in [9.17, 15) is 9.59 Å². The van der Waals surface area contributed by atoms with Crippen LogP contribution in [0, 0.1) is 23.7 Å². The molecule has 2 N–H and O–H groups in total. The van der Waals surface area contributed by atoms with Crippen molar-refractivity contribution in [2.45, 2.75) is 19.4 Å². The molecule has 0 spiro atoms. The molecule has 4 atom stereocenters. The molecule has 1 saturated carbocycles. The van der Waals surface area contributed by atoms with Crippen LogP contribution in [0.4, 0.5) is 0 Å². The van der Waals surface area contributed by atoms with Crippen LogP contribution < -0.4 is 15.4 Å². The normalized spacial score (nSPS) is 26.6. The quantitative estimate of drug-likeness (QED) is 0.143. The monoisotopic (exact) mass is 524 g/mol. The number of benzene rings is 1. The van der Waals surface area contributed by atoms with Crippen LogP contribution in [0.15, 0.2) is 41.4 Å². The molecule has 1 aromatic rings. The van der Waals surface area contributed by atoms with Gasteiger partial charge < -0.3 is 15.4 Å². The molecule has 8 heteroatoms. The summed E-state index contributed by atoms with van der Waals surface area (Å²) >= 11 is 0. The van der Waals surface area contributed by atoms with Gasteiger partial charge in [-0.3, -0.25) is 19.5 Å². The molecule has 0 radical (unpaired) electrons. The maximum absolute atomic E-state index is 12.7. The number of rotatable bonds is 7. The summed E-state index contributed by atoms with van der Waals surface area (Å²) in [5, 5.41) is 6.51. The summed E-state index contributed by atoms with van der Waals surface area (Å²) in [6, 6.07) is 7.86. The first-order chi connectivity index (χ1) is 14.1. The number of fused-ring (bicyclic) bond motifs is 5. The number of amides is 2. The zero-order valence-corrected chi connectivity index (χ0v) is 19.7. The Labute approximate surface area is 194 Å². The van der Waals surface area contributed by atoms with Gasteiger partial charge in [0.25, 0.3) is 0 Å². The van der Waals surface area contributed by atoms with Crippen LogP contribution >= 0.6 is 24.0 Å². The Hall–Kier alpha value is -2.10. The predicted molar refractivity (Wildman–Crippen MR) is 126 cm³/mol. The SMILES string of the molecule is CN=C(NCCCN1C(=O)C2C3C=CC(C3)C2C1=O)NCc1cccc(OC)c1.I. The van der Waals surface area contributed by atoms with E-state index in [0.29, 0.717) is 32.0 Å². The van der Waals surface area contributed by atoms with Gasteiger partial charge in [-0.25, -0.2) is 0 Å². The van der Waals surface area contributed by atoms with E-state index in [-0.39, 0.29) is 59.5 Å². The third kappa shape index (κ3) is 4.33. The molecule has 1 aliphatic heterocycles. The zero-order chi connectivity index (χ0) is 20.4. The Kier molecular flexibility index (Phi) is 7.38. The molecule has 2 amide bonds. The number of aliphatic imine (C=N–C) groups is 1. The maximum Gasteiger partial charge on any atom is 0.233 e. The number of methoxy groups -OCH3 is 1. The van der Waals surface area contributed by atoms with Crippen molar-refractivity contribution in [3.63, 3.8) is 0 Å². The van der Waals surface area contributed by atoms with Gasteiger partial charge in [0.15, 0.2) is 5.96 Å². The minimum Gasteiger partial charge on any atom is -0.497 e. The highest BCUT2D eigenvalue weighted by Gasteiger charge is 2.58. The molecule has 1 aromatic carbocycles. The van der Waals surface area contributed by atoms with Crippen LogP contribution in [-0.4, -0.2) is 49.9 Å². The first kappa shape index (κ1) is 22.6. The summed E-state index contributed by atoms with van der Waals surface area (Å²) < 4.78 is 5.24. The smallest absolute Gasteiger partial charge is 0.233 e. The summed E-state index contributed by atoms with van der Waals surface area (Å²) in [5.74, 6) is 1.88. The minimum atomic E-state index is -0.109. The molecule has 2 bridgehead atoms. The van der Waals surface area contributed by atoms with Crippen molar-refractivity contribution in [2.24, 2.45) is 28.7 Å². The highest BCUT2D eigenvalue weighted by Crippen LogP contribution is 2.52. The van der Waals surface area contributed by atoms with E-state index in [1.807, 2.05) is 24.3 Å². The van der Waals surface area contributed by atoms with Crippen LogP contribution in [0.1, 0.15) is 18.4 Å². The van der Waals surface area contributed by atoms with Crippen LogP contribution in [0.5, 0.6) is 5.75 Å². The van der Waals surface area contributed by atoms with Crippen LogP contribution in [0.3, 0.4) is 0 Å². The van der Waals surface area contributed by atoms with E-state index in [4.69, 9.17) is 4.74 Å². The average molecular weight is 524 g/mol. The van der Waals surface area contributed by atoms with Gasteiger partial charge in [0, 0.05) is 26.7 Å². The molecule has 0 aromatic heterocycles. The maximum atomic E-state index is 12.7. The number of nitrogens with one attached hydrogen (secondary N) is 2. The fraction of sp³-hybridized carbons (Fsp3) is 0.500. The van der Waals surface area contributed by atoms with Gasteiger partial charge in [-0.1, -0.05) is 24.3 Å². The van der Waals surface area contributed by atoms with Gasteiger partial charge in [0.1, 0.15) is 5.75 Å². The van der Waals surface area contributed by atoms with Crippen LogP contribution in [0.2, 0.25) is 0 Å².